The van der Waals surface area contributed by atoms with E-state index in [1.807, 2.05) is 18.2 Å². The van der Waals surface area contributed by atoms with Crippen LogP contribution < -0.4 is 5.73 Å². The molecule has 0 unspecified atom stereocenters. The van der Waals surface area contributed by atoms with Crippen molar-refractivity contribution in [2.45, 2.75) is 4.90 Å². The summed E-state index contributed by atoms with van der Waals surface area (Å²) in [6.07, 6.45) is 0. The zero-order chi connectivity index (χ0) is 11.8. The average Bonchev–Trinajstić information content (AvgIpc) is 2.26. The standard InChI is InChI=1S/C11H16ClNO2S/c1-14-5-6-15-7-8-16-11-9(12)3-2-4-10(11)13/h2-4H,5-8,13H2,1H3. The number of methoxy groups -OCH3 is 1. The molecule has 0 aliphatic heterocycles. The van der Waals surface area contributed by atoms with E-state index in [1.165, 1.54) is 0 Å². The van der Waals surface area contributed by atoms with E-state index in [-0.39, 0.29) is 0 Å². The summed E-state index contributed by atoms with van der Waals surface area (Å²) in [4.78, 5) is 0.930. The van der Waals surface area contributed by atoms with E-state index < -0.39 is 0 Å². The van der Waals surface area contributed by atoms with Gasteiger partial charge in [0.05, 0.1) is 24.8 Å². The monoisotopic (exact) mass is 261 g/mol. The Kier molecular flexibility index (Phi) is 6.64. The molecule has 0 atom stereocenters. The molecule has 0 aliphatic rings. The predicted octanol–water partition coefficient (Wildman–Crippen LogP) is 2.68. The van der Waals surface area contributed by atoms with E-state index in [1.54, 1.807) is 18.9 Å². The lowest BCUT2D eigenvalue weighted by Gasteiger charge is -2.07. The van der Waals surface area contributed by atoms with Gasteiger partial charge in [0.1, 0.15) is 0 Å². The van der Waals surface area contributed by atoms with Gasteiger partial charge in [0, 0.05) is 23.4 Å². The van der Waals surface area contributed by atoms with E-state index in [0.29, 0.717) is 24.8 Å². The zero-order valence-electron chi connectivity index (χ0n) is 9.24. The summed E-state index contributed by atoms with van der Waals surface area (Å²) in [6, 6.07) is 5.53. The fourth-order valence-electron chi connectivity index (χ4n) is 1.12. The molecular weight excluding hydrogens is 246 g/mol. The molecule has 16 heavy (non-hydrogen) atoms. The summed E-state index contributed by atoms with van der Waals surface area (Å²) < 4.78 is 10.2. The fourth-order valence-corrected chi connectivity index (χ4v) is 2.32. The third-order valence-corrected chi connectivity index (χ3v) is 3.45. The van der Waals surface area contributed by atoms with Crippen LogP contribution >= 0.6 is 23.4 Å². The number of ether oxygens (including phenoxy) is 2. The van der Waals surface area contributed by atoms with Crippen LogP contribution in [0.4, 0.5) is 5.69 Å². The van der Waals surface area contributed by atoms with Gasteiger partial charge in [0.15, 0.2) is 0 Å². The van der Waals surface area contributed by atoms with Crippen molar-refractivity contribution in [3.05, 3.63) is 23.2 Å². The van der Waals surface area contributed by atoms with Crippen LogP contribution in [0.5, 0.6) is 0 Å². The maximum atomic E-state index is 6.03. The van der Waals surface area contributed by atoms with Gasteiger partial charge in [-0.15, -0.1) is 11.8 Å². The van der Waals surface area contributed by atoms with Gasteiger partial charge in [-0.2, -0.15) is 0 Å². The number of rotatable bonds is 7. The van der Waals surface area contributed by atoms with Gasteiger partial charge in [-0.05, 0) is 12.1 Å². The number of hydrogen-bond acceptors (Lipinski definition) is 4. The summed E-state index contributed by atoms with van der Waals surface area (Å²) in [7, 11) is 1.66. The highest BCUT2D eigenvalue weighted by molar-refractivity contribution is 7.99. The van der Waals surface area contributed by atoms with Gasteiger partial charge in [0.2, 0.25) is 0 Å². The fraction of sp³-hybridized carbons (Fsp3) is 0.455. The second-order valence-corrected chi connectivity index (χ2v) is 4.62. The highest BCUT2D eigenvalue weighted by atomic mass is 35.5. The third-order valence-electron chi connectivity index (χ3n) is 1.90. The topological polar surface area (TPSA) is 44.5 Å². The molecule has 0 aromatic heterocycles. The Balaban J connectivity index is 2.26. The normalized spacial score (nSPS) is 10.6. The number of hydrogen-bond donors (Lipinski definition) is 1. The first-order valence-corrected chi connectivity index (χ1v) is 6.35. The lowest BCUT2D eigenvalue weighted by Crippen LogP contribution is -2.04. The lowest BCUT2D eigenvalue weighted by molar-refractivity contribution is 0.0790. The summed E-state index contributed by atoms with van der Waals surface area (Å²) in [5.41, 5.74) is 6.53. The molecule has 2 N–H and O–H groups in total. The molecule has 0 spiro atoms. The van der Waals surface area contributed by atoms with Gasteiger partial charge in [-0.1, -0.05) is 17.7 Å². The summed E-state index contributed by atoms with van der Waals surface area (Å²) in [5, 5.41) is 0.696. The minimum atomic E-state index is 0.620. The minimum absolute atomic E-state index is 0.620. The quantitative estimate of drug-likeness (QED) is 0.466. The van der Waals surface area contributed by atoms with Crippen molar-refractivity contribution in [2.75, 3.05) is 38.4 Å². The van der Waals surface area contributed by atoms with Crippen LogP contribution in [-0.2, 0) is 9.47 Å². The Labute approximate surface area is 105 Å². The van der Waals surface area contributed by atoms with E-state index in [9.17, 15) is 0 Å². The number of nitrogen functional groups attached to an aromatic ring is 1. The van der Waals surface area contributed by atoms with Crippen LogP contribution in [0.15, 0.2) is 23.1 Å². The van der Waals surface area contributed by atoms with Crippen LogP contribution in [0, 0.1) is 0 Å². The zero-order valence-corrected chi connectivity index (χ0v) is 10.8. The van der Waals surface area contributed by atoms with Crippen LogP contribution in [0.25, 0.3) is 0 Å². The predicted molar refractivity (Wildman–Crippen MR) is 69.3 cm³/mol. The van der Waals surface area contributed by atoms with Crippen molar-refractivity contribution in [2.24, 2.45) is 0 Å². The molecule has 0 fully saturated rings. The van der Waals surface area contributed by atoms with E-state index in [4.69, 9.17) is 26.8 Å². The van der Waals surface area contributed by atoms with Crippen molar-refractivity contribution in [1.29, 1.82) is 0 Å². The lowest BCUT2D eigenvalue weighted by atomic mass is 10.3. The van der Waals surface area contributed by atoms with Gasteiger partial charge in [-0.3, -0.25) is 0 Å². The highest BCUT2D eigenvalue weighted by Crippen LogP contribution is 2.32. The molecule has 90 valence electrons. The van der Waals surface area contributed by atoms with E-state index >= 15 is 0 Å². The van der Waals surface area contributed by atoms with Crippen molar-refractivity contribution in [3.63, 3.8) is 0 Å². The summed E-state index contributed by atoms with van der Waals surface area (Å²) in [6.45, 7) is 1.91. The van der Waals surface area contributed by atoms with Crippen molar-refractivity contribution in [1.82, 2.24) is 0 Å². The molecule has 0 amide bonds. The van der Waals surface area contributed by atoms with Crippen LogP contribution in [0.3, 0.4) is 0 Å². The van der Waals surface area contributed by atoms with Crippen molar-refractivity contribution >= 4 is 29.1 Å². The number of anilines is 1. The SMILES string of the molecule is COCCOCCSc1c(N)cccc1Cl. The Bertz CT molecular complexity index is 303. The van der Waals surface area contributed by atoms with E-state index in [0.717, 1.165) is 16.3 Å². The van der Waals surface area contributed by atoms with Crippen LogP contribution in [0.2, 0.25) is 5.02 Å². The van der Waals surface area contributed by atoms with Gasteiger partial charge in [-0.25, -0.2) is 0 Å². The Morgan fingerprint density at radius 1 is 1.31 bits per heavy atom. The Hall–Kier alpha value is -0.420. The second kappa shape index (κ2) is 7.79. The number of halogens is 1. The molecular formula is C11H16ClNO2S. The molecule has 1 rings (SSSR count). The average molecular weight is 262 g/mol. The van der Waals surface area contributed by atoms with Gasteiger partial charge in [0.25, 0.3) is 0 Å². The van der Waals surface area contributed by atoms with Gasteiger partial charge < -0.3 is 15.2 Å². The minimum Gasteiger partial charge on any atom is -0.398 e. The third kappa shape index (κ3) is 4.61. The van der Waals surface area contributed by atoms with Crippen molar-refractivity contribution < 1.29 is 9.47 Å². The maximum absolute atomic E-state index is 6.03. The van der Waals surface area contributed by atoms with E-state index in [2.05, 4.69) is 0 Å². The molecule has 0 bridgehead atoms. The number of benzene rings is 1. The molecule has 0 aliphatic carbocycles. The number of nitrogens with two attached hydrogens (primary N) is 1. The summed E-state index contributed by atoms with van der Waals surface area (Å²) >= 11 is 7.64. The van der Waals surface area contributed by atoms with Gasteiger partial charge >= 0.3 is 0 Å². The largest absolute Gasteiger partial charge is 0.398 e. The van der Waals surface area contributed by atoms with Crippen LogP contribution in [-0.4, -0.2) is 32.7 Å². The molecule has 1 aromatic rings. The highest BCUT2D eigenvalue weighted by Gasteiger charge is 2.04. The molecule has 0 heterocycles. The summed E-state index contributed by atoms with van der Waals surface area (Å²) in [5.74, 6) is 0.831. The van der Waals surface area contributed by atoms with Crippen molar-refractivity contribution in [3.8, 4) is 0 Å². The second-order valence-electron chi connectivity index (χ2n) is 3.11. The molecule has 0 saturated carbocycles. The Morgan fingerprint density at radius 3 is 2.81 bits per heavy atom. The van der Waals surface area contributed by atoms with Crippen LogP contribution in [0.1, 0.15) is 0 Å². The first kappa shape index (κ1) is 13.6. The molecule has 5 heteroatoms. The first-order valence-electron chi connectivity index (χ1n) is 4.99. The maximum Gasteiger partial charge on any atom is 0.0700 e. The molecule has 0 radical (unpaired) electrons. The number of thioether (sulfide) groups is 1. The molecule has 3 nitrogen and oxygen atoms in total. The molecule has 0 saturated heterocycles. The smallest absolute Gasteiger partial charge is 0.0700 e. The molecule has 1 aromatic carbocycles. The Morgan fingerprint density at radius 2 is 2.12 bits per heavy atom. The first-order chi connectivity index (χ1) is 7.75.